The van der Waals surface area contributed by atoms with Gasteiger partial charge in [-0.2, -0.15) is 0 Å². The molecule has 0 aliphatic rings. The van der Waals surface area contributed by atoms with Crippen molar-refractivity contribution in [2.24, 2.45) is 0 Å². The summed E-state index contributed by atoms with van der Waals surface area (Å²) in [5.74, 6) is -0.598. The van der Waals surface area contributed by atoms with Gasteiger partial charge in [-0.15, -0.1) is 0 Å². The number of hydrogen-bond acceptors (Lipinski definition) is 4. The number of aromatic amines is 1. The summed E-state index contributed by atoms with van der Waals surface area (Å²) in [6.45, 7) is 1.75. The average molecular weight is 193 g/mol. The number of carboxylic acids is 1. The Bertz CT molecular complexity index is 472. The molecule has 2 N–H and O–H groups in total. The molecular formula is C8H7N3O3. The summed E-state index contributed by atoms with van der Waals surface area (Å²) in [4.78, 5) is 17.1. The van der Waals surface area contributed by atoms with Crippen molar-refractivity contribution in [2.45, 2.75) is 6.92 Å². The number of H-pyrrole nitrogens is 1. The number of carboxylic acid groups (broad SMARTS) is 1. The minimum absolute atomic E-state index is 0.0422. The van der Waals surface area contributed by atoms with Gasteiger partial charge in [-0.05, 0) is 6.92 Å². The van der Waals surface area contributed by atoms with Crippen molar-refractivity contribution < 1.29 is 14.4 Å². The normalized spacial score (nSPS) is 10.4. The quantitative estimate of drug-likeness (QED) is 0.744. The second-order valence-corrected chi connectivity index (χ2v) is 2.76. The van der Waals surface area contributed by atoms with Gasteiger partial charge in [0.2, 0.25) is 0 Å². The van der Waals surface area contributed by atoms with E-state index in [0.717, 1.165) is 0 Å². The summed E-state index contributed by atoms with van der Waals surface area (Å²) in [5, 5.41) is 12.3. The molecule has 0 aromatic carbocycles. The molecule has 0 spiro atoms. The van der Waals surface area contributed by atoms with E-state index in [4.69, 9.17) is 9.63 Å². The summed E-state index contributed by atoms with van der Waals surface area (Å²) in [6.07, 6.45) is 2.67. The first kappa shape index (κ1) is 8.49. The van der Waals surface area contributed by atoms with Gasteiger partial charge in [0.15, 0.2) is 0 Å². The highest BCUT2D eigenvalue weighted by molar-refractivity contribution is 5.85. The number of carbonyl (C=O) groups is 1. The van der Waals surface area contributed by atoms with Crippen LogP contribution in [-0.4, -0.2) is 26.2 Å². The zero-order chi connectivity index (χ0) is 10.1. The fourth-order valence-electron chi connectivity index (χ4n) is 1.09. The third kappa shape index (κ3) is 1.26. The van der Waals surface area contributed by atoms with Crippen LogP contribution in [0.4, 0.5) is 0 Å². The lowest BCUT2D eigenvalue weighted by Gasteiger charge is -1.89. The Labute approximate surface area is 78.6 Å². The van der Waals surface area contributed by atoms with E-state index in [-0.39, 0.29) is 5.69 Å². The number of aryl methyl sites for hydroxylation is 1. The van der Waals surface area contributed by atoms with E-state index in [1.165, 1.54) is 12.5 Å². The number of hydrogen-bond donors (Lipinski definition) is 2. The molecule has 0 saturated carbocycles. The molecule has 6 nitrogen and oxygen atoms in total. The molecule has 2 aromatic rings. The lowest BCUT2D eigenvalue weighted by molar-refractivity contribution is 0.0691. The zero-order valence-corrected chi connectivity index (χ0v) is 7.31. The van der Waals surface area contributed by atoms with Crippen molar-refractivity contribution in [3.8, 4) is 11.4 Å². The first-order chi connectivity index (χ1) is 6.68. The number of aromatic carboxylic acids is 1. The lowest BCUT2D eigenvalue weighted by Crippen LogP contribution is -1.95. The van der Waals surface area contributed by atoms with Crippen molar-refractivity contribution in [2.75, 3.05) is 0 Å². The SMILES string of the molecule is Cc1nocc1-c1ncc(C(=O)O)[nH]1. The van der Waals surface area contributed by atoms with Gasteiger partial charge in [-0.1, -0.05) is 5.16 Å². The third-order valence-corrected chi connectivity index (χ3v) is 1.81. The van der Waals surface area contributed by atoms with Crippen LogP contribution >= 0.6 is 0 Å². The van der Waals surface area contributed by atoms with Crippen molar-refractivity contribution >= 4 is 5.97 Å². The molecule has 0 bridgehead atoms. The number of aromatic nitrogens is 3. The second-order valence-electron chi connectivity index (χ2n) is 2.76. The van der Waals surface area contributed by atoms with Crippen molar-refractivity contribution in [1.29, 1.82) is 0 Å². The fraction of sp³-hybridized carbons (Fsp3) is 0.125. The van der Waals surface area contributed by atoms with Crippen LogP contribution in [0.25, 0.3) is 11.4 Å². The Kier molecular flexibility index (Phi) is 1.81. The molecule has 0 fully saturated rings. The molecule has 0 amide bonds. The molecule has 72 valence electrons. The molecule has 0 aliphatic heterocycles. The van der Waals surface area contributed by atoms with Crippen LogP contribution in [0, 0.1) is 6.92 Å². The first-order valence-electron chi connectivity index (χ1n) is 3.88. The van der Waals surface area contributed by atoms with Crippen LogP contribution in [0.1, 0.15) is 16.2 Å². The zero-order valence-electron chi connectivity index (χ0n) is 7.31. The van der Waals surface area contributed by atoms with Crippen LogP contribution in [0.3, 0.4) is 0 Å². The van der Waals surface area contributed by atoms with E-state index in [0.29, 0.717) is 17.1 Å². The Hall–Kier alpha value is -2.11. The smallest absolute Gasteiger partial charge is 0.353 e. The van der Waals surface area contributed by atoms with E-state index < -0.39 is 5.97 Å². The summed E-state index contributed by atoms with van der Waals surface area (Å²) >= 11 is 0. The van der Waals surface area contributed by atoms with Crippen LogP contribution in [0.5, 0.6) is 0 Å². The van der Waals surface area contributed by atoms with Gasteiger partial charge in [0.05, 0.1) is 17.5 Å². The van der Waals surface area contributed by atoms with Gasteiger partial charge in [-0.3, -0.25) is 0 Å². The number of nitrogens with one attached hydrogen (secondary N) is 1. The molecule has 2 heterocycles. The van der Waals surface area contributed by atoms with Gasteiger partial charge in [-0.25, -0.2) is 9.78 Å². The van der Waals surface area contributed by atoms with Gasteiger partial charge >= 0.3 is 5.97 Å². The highest BCUT2D eigenvalue weighted by Gasteiger charge is 2.12. The van der Waals surface area contributed by atoms with Crippen molar-refractivity contribution in [3.05, 3.63) is 23.8 Å². The van der Waals surface area contributed by atoms with E-state index >= 15 is 0 Å². The number of imidazole rings is 1. The molecule has 0 aliphatic carbocycles. The molecule has 6 heteroatoms. The summed E-state index contributed by atoms with van der Waals surface area (Å²) < 4.78 is 4.71. The van der Waals surface area contributed by atoms with Crippen LogP contribution in [0.2, 0.25) is 0 Å². The topological polar surface area (TPSA) is 92.0 Å². The van der Waals surface area contributed by atoms with Gasteiger partial charge in [0.1, 0.15) is 17.8 Å². The summed E-state index contributed by atoms with van der Waals surface area (Å²) in [5.41, 5.74) is 1.37. The molecule has 0 saturated heterocycles. The van der Waals surface area contributed by atoms with Crippen molar-refractivity contribution in [3.63, 3.8) is 0 Å². The fourth-order valence-corrected chi connectivity index (χ4v) is 1.09. The predicted octanol–water partition coefficient (Wildman–Crippen LogP) is 1.07. The van der Waals surface area contributed by atoms with E-state index in [9.17, 15) is 4.79 Å². The van der Waals surface area contributed by atoms with Crippen LogP contribution in [-0.2, 0) is 0 Å². The Morgan fingerprint density at radius 1 is 1.64 bits per heavy atom. The number of rotatable bonds is 2. The molecule has 0 atom stereocenters. The molecule has 2 rings (SSSR count). The number of nitrogens with zero attached hydrogens (tertiary/aromatic N) is 2. The van der Waals surface area contributed by atoms with E-state index in [2.05, 4.69) is 15.1 Å². The minimum Gasteiger partial charge on any atom is -0.477 e. The predicted molar refractivity (Wildman–Crippen MR) is 45.8 cm³/mol. The lowest BCUT2D eigenvalue weighted by atomic mass is 10.2. The molecule has 0 radical (unpaired) electrons. The maximum atomic E-state index is 10.6. The monoisotopic (exact) mass is 193 g/mol. The Balaban J connectivity index is 2.43. The maximum Gasteiger partial charge on any atom is 0.353 e. The average Bonchev–Trinajstić information content (AvgIpc) is 2.71. The van der Waals surface area contributed by atoms with Gasteiger partial charge in [0, 0.05) is 0 Å². The van der Waals surface area contributed by atoms with Crippen molar-refractivity contribution in [1.82, 2.24) is 15.1 Å². The largest absolute Gasteiger partial charge is 0.477 e. The summed E-state index contributed by atoms with van der Waals surface area (Å²) in [6, 6.07) is 0. The Morgan fingerprint density at radius 2 is 2.43 bits per heavy atom. The standard InChI is InChI=1S/C8H7N3O3/c1-4-5(3-14-11-4)7-9-2-6(10-7)8(12)13/h2-3H,1H3,(H,9,10)(H,12,13). The van der Waals surface area contributed by atoms with Gasteiger partial charge < -0.3 is 14.6 Å². The van der Waals surface area contributed by atoms with Crippen LogP contribution in [0.15, 0.2) is 17.0 Å². The van der Waals surface area contributed by atoms with E-state index in [1.54, 1.807) is 6.92 Å². The first-order valence-corrected chi connectivity index (χ1v) is 3.88. The maximum absolute atomic E-state index is 10.6. The second kappa shape index (κ2) is 2.99. The van der Waals surface area contributed by atoms with Gasteiger partial charge in [0.25, 0.3) is 0 Å². The van der Waals surface area contributed by atoms with Crippen LogP contribution < -0.4 is 0 Å². The minimum atomic E-state index is -1.04. The highest BCUT2D eigenvalue weighted by atomic mass is 16.5. The molecule has 14 heavy (non-hydrogen) atoms. The Morgan fingerprint density at radius 3 is 2.93 bits per heavy atom. The van der Waals surface area contributed by atoms with E-state index in [1.807, 2.05) is 0 Å². The molecule has 0 unspecified atom stereocenters. The highest BCUT2D eigenvalue weighted by Crippen LogP contribution is 2.18. The third-order valence-electron chi connectivity index (χ3n) is 1.81. The summed E-state index contributed by atoms with van der Waals surface area (Å²) in [7, 11) is 0. The molecule has 2 aromatic heterocycles. The molecular weight excluding hydrogens is 186 g/mol.